The third-order valence-corrected chi connectivity index (χ3v) is 10.1. The summed E-state index contributed by atoms with van der Waals surface area (Å²) in [5.41, 5.74) is 14.6. The van der Waals surface area contributed by atoms with Crippen LogP contribution in [0, 0.1) is 34.0 Å². The highest BCUT2D eigenvalue weighted by Gasteiger charge is 2.24. The molecule has 0 amide bonds. The molecule has 7 aromatic rings. The predicted molar refractivity (Wildman–Crippen MR) is 204 cm³/mol. The van der Waals surface area contributed by atoms with E-state index in [2.05, 4.69) is 112 Å². The smallest absolute Gasteiger partial charge is 0.101 e. The summed E-state index contributed by atoms with van der Waals surface area (Å²) in [6.07, 6.45) is 15.8. The Balaban J connectivity index is 1.18. The van der Waals surface area contributed by atoms with Gasteiger partial charge in [-0.2, -0.15) is 15.8 Å². The zero-order valence-electron chi connectivity index (χ0n) is 27.6. The standard InChI is InChI=1S/C46H29N5/c47-27-30-18-21-45-40(23-30)39-20-17-31(28-48)24-46(39)51(45)42-15-6-4-11-36(42)34-10-8-9-32(25-34)33-19-22-41(35(26-33)29-49)50-43-14-3-1-2-12-37(43)38-13-5-7-16-44(38)50/h1-6,8-11,13-15,17-26H,7,12,16H2. The molecule has 51 heavy (non-hydrogen) atoms. The first kappa shape index (κ1) is 30.0. The second-order valence-corrected chi connectivity index (χ2v) is 13.0. The first-order chi connectivity index (χ1) is 25.2. The summed E-state index contributed by atoms with van der Waals surface area (Å²) in [4.78, 5) is 0. The Hall–Kier alpha value is -7.13. The molecule has 0 spiro atoms. The maximum atomic E-state index is 10.5. The molecule has 2 heterocycles. The summed E-state index contributed by atoms with van der Waals surface area (Å²) in [7, 11) is 0. The monoisotopic (exact) mass is 651 g/mol. The molecule has 2 aliphatic rings. The average Bonchev–Trinajstić information content (AvgIpc) is 3.55. The van der Waals surface area contributed by atoms with Gasteiger partial charge in [0, 0.05) is 22.0 Å². The Kier molecular flexibility index (Phi) is 7.10. The lowest BCUT2D eigenvalue weighted by atomic mass is 9.96. The molecular formula is C46H29N5. The van der Waals surface area contributed by atoms with E-state index in [1.165, 1.54) is 16.8 Å². The van der Waals surface area contributed by atoms with Gasteiger partial charge in [0.1, 0.15) is 6.07 Å². The van der Waals surface area contributed by atoms with Gasteiger partial charge < -0.3 is 9.13 Å². The summed E-state index contributed by atoms with van der Waals surface area (Å²) in [5.74, 6) is 0. The number of para-hydroxylation sites is 1. The number of nitriles is 3. The van der Waals surface area contributed by atoms with Crippen molar-refractivity contribution in [2.45, 2.75) is 19.3 Å². The first-order valence-corrected chi connectivity index (χ1v) is 17.1. The van der Waals surface area contributed by atoms with Crippen LogP contribution in [0.4, 0.5) is 0 Å². The van der Waals surface area contributed by atoms with E-state index in [0.29, 0.717) is 16.7 Å². The molecule has 0 saturated carbocycles. The minimum Gasteiger partial charge on any atom is -0.312 e. The van der Waals surface area contributed by atoms with Gasteiger partial charge in [-0.05, 0) is 108 Å². The largest absolute Gasteiger partial charge is 0.312 e. The maximum absolute atomic E-state index is 10.5. The van der Waals surface area contributed by atoms with Gasteiger partial charge in [-0.25, -0.2) is 0 Å². The molecule has 0 radical (unpaired) electrons. The fourth-order valence-electron chi connectivity index (χ4n) is 7.85. The fourth-order valence-corrected chi connectivity index (χ4v) is 7.85. The van der Waals surface area contributed by atoms with Gasteiger partial charge in [-0.3, -0.25) is 0 Å². The van der Waals surface area contributed by atoms with Crippen LogP contribution in [0.3, 0.4) is 0 Å². The van der Waals surface area contributed by atoms with Crippen LogP contribution in [0.5, 0.6) is 0 Å². The average molecular weight is 652 g/mol. The number of nitrogens with zero attached hydrogens (tertiary/aromatic N) is 5. The van der Waals surface area contributed by atoms with E-state index in [9.17, 15) is 15.8 Å². The molecule has 0 unspecified atom stereocenters. The van der Waals surface area contributed by atoms with Crippen molar-refractivity contribution in [2.24, 2.45) is 0 Å². The Morgan fingerprint density at radius 1 is 0.569 bits per heavy atom. The van der Waals surface area contributed by atoms with Crippen molar-refractivity contribution in [1.82, 2.24) is 9.13 Å². The van der Waals surface area contributed by atoms with Crippen molar-refractivity contribution in [1.29, 1.82) is 15.8 Å². The zero-order chi connectivity index (χ0) is 34.5. The van der Waals surface area contributed by atoms with Gasteiger partial charge in [-0.15, -0.1) is 0 Å². The third kappa shape index (κ3) is 4.82. The lowest BCUT2D eigenvalue weighted by molar-refractivity contribution is 0.868. The quantitative estimate of drug-likeness (QED) is 0.190. The highest BCUT2D eigenvalue weighted by atomic mass is 15.0. The molecule has 0 saturated heterocycles. The zero-order valence-corrected chi connectivity index (χ0v) is 27.6. The summed E-state index contributed by atoms with van der Waals surface area (Å²) in [6.45, 7) is 0. The second-order valence-electron chi connectivity index (χ2n) is 13.0. The SMILES string of the molecule is N#Cc1ccc2c(c1)c1ccc(C#N)cc1n2-c1ccccc1-c1cccc(-c2ccc(-n3c4c(c5c3CCC=C5)CC=CC=C4)c(C#N)c2)c1. The van der Waals surface area contributed by atoms with E-state index in [-0.39, 0.29) is 0 Å². The van der Waals surface area contributed by atoms with E-state index in [1.54, 1.807) is 0 Å². The Morgan fingerprint density at radius 3 is 2.27 bits per heavy atom. The molecule has 238 valence electrons. The molecule has 5 nitrogen and oxygen atoms in total. The molecule has 9 rings (SSSR count). The van der Waals surface area contributed by atoms with E-state index < -0.39 is 0 Å². The molecule has 0 N–H and O–H groups in total. The second kappa shape index (κ2) is 12.1. The van der Waals surface area contributed by atoms with Crippen molar-refractivity contribution in [3.8, 4) is 51.8 Å². The molecule has 0 bridgehead atoms. The van der Waals surface area contributed by atoms with Crippen molar-refractivity contribution in [2.75, 3.05) is 0 Å². The van der Waals surface area contributed by atoms with Gasteiger partial charge in [0.2, 0.25) is 0 Å². The molecule has 5 heteroatoms. The fraction of sp³-hybridized carbons (Fsp3) is 0.0652. The van der Waals surface area contributed by atoms with E-state index in [4.69, 9.17) is 0 Å². The van der Waals surface area contributed by atoms with Crippen molar-refractivity contribution < 1.29 is 0 Å². The van der Waals surface area contributed by atoms with Crippen LogP contribution in [0.2, 0.25) is 0 Å². The highest BCUT2D eigenvalue weighted by molar-refractivity contribution is 6.10. The molecule has 2 aliphatic carbocycles. The van der Waals surface area contributed by atoms with Crippen LogP contribution in [-0.4, -0.2) is 9.13 Å². The van der Waals surface area contributed by atoms with Crippen LogP contribution in [-0.2, 0) is 12.8 Å². The Morgan fingerprint density at radius 2 is 1.39 bits per heavy atom. The lowest BCUT2D eigenvalue weighted by Gasteiger charge is -2.17. The molecule has 0 aliphatic heterocycles. The Bertz CT molecular complexity index is 2810. The summed E-state index contributed by atoms with van der Waals surface area (Å²) in [6, 6.07) is 41.5. The van der Waals surface area contributed by atoms with Gasteiger partial charge in [-0.1, -0.05) is 78.9 Å². The maximum Gasteiger partial charge on any atom is 0.101 e. The minimum absolute atomic E-state index is 0.573. The Labute approximate surface area is 295 Å². The summed E-state index contributed by atoms with van der Waals surface area (Å²) < 4.78 is 4.49. The predicted octanol–water partition coefficient (Wildman–Crippen LogP) is 10.6. The molecular weight excluding hydrogens is 623 g/mol. The van der Waals surface area contributed by atoms with Crippen LogP contribution in [0.15, 0.2) is 127 Å². The number of hydrogen-bond acceptors (Lipinski definition) is 3. The van der Waals surface area contributed by atoms with E-state index in [0.717, 1.165) is 80.4 Å². The lowest BCUT2D eigenvalue weighted by Crippen LogP contribution is -2.06. The third-order valence-electron chi connectivity index (χ3n) is 10.1. The number of fused-ring (bicyclic) bond motifs is 6. The van der Waals surface area contributed by atoms with Gasteiger partial charge in [0.05, 0.1) is 56.9 Å². The number of rotatable bonds is 4. The number of aromatic nitrogens is 2. The summed E-state index contributed by atoms with van der Waals surface area (Å²) in [5, 5.41) is 31.9. The topological polar surface area (TPSA) is 81.2 Å². The molecule has 0 atom stereocenters. The van der Waals surface area contributed by atoms with E-state index in [1.807, 2.05) is 54.6 Å². The normalized spacial score (nSPS) is 13.0. The minimum atomic E-state index is 0.573. The van der Waals surface area contributed by atoms with Gasteiger partial charge >= 0.3 is 0 Å². The summed E-state index contributed by atoms with van der Waals surface area (Å²) >= 11 is 0. The van der Waals surface area contributed by atoms with Crippen LogP contribution in [0.25, 0.3) is 67.6 Å². The van der Waals surface area contributed by atoms with Crippen molar-refractivity contribution >= 4 is 34.0 Å². The van der Waals surface area contributed by atoms with Gasteiger partial charge in [0.15, 0.2) is 0 Å². The molecule has 0 fully saturated rings. The van der Waals surface area contributed by atoms with E-state index >= 15 is 0 Å². The molecule has 5 aromatic carbocycles. The first-order valence-electron chi connectivity index (χ1n) is 17.1. The van der Waals surface area contributed by atoms with Gasteiger partial charge in [0.25, 0.3) is 0 Å². The molecule has 2 aromatic heterocycles. The number of benzene rings is 5. The highest BCUT2D eigenvalue weighted by Crippen LogP contribution is 2.39. The van der Waals surface area contributed by atoms with Crippen molar-refractivity contribution in [3.05, 3.63) is 167 Å². The number of allylic oxidation sites excluding steroid dienone is 4. The van der Waals surface area contributed by atoms with Crippen LogP contribution < -0.4 is 0 Å². The van der Waals surface area contributed by atoms with Crippen LogP contribution in [0.1, 0.15) is 45.6 Å². The van der Waals surface area contributed by atoms with Crippen LogP contribution >= 0.6 is 0 Å². The van der Waals surface area contributed by atoms with Crippen molar-refractivity contribution in [3.63, 3.8) is 0 Å². The number of hydrogen-bond donors (Lipinski definition) is 0.